The minimum atomic E-state index is 0.494. The Kier molecular flexibility index (Phi) is 5.92. The van der Waals surface area contributed by atoms with Crippen LogP contribution in [0.1, 0.15) is 38.5 Å². The van der Waals surface area contributed by atoms with Crippen LogP contribution in [0.5, 0.6) is 6.01 Å². The molecule has 18 heavy (non-hydrogen) atoms. The molecule has 0 bridgehead atoms. The van der Waals surface area contributed by atoms with Gasteiger partial charge in [0.25, 0.3) is 0 Å². The van der Waals surface area contributed by atoms with Crippen molar-refractivity contribution in [3.63, 3.8) is 0 Å². The summed E-state index contributed by atoms with van der Waals surface area (Å²) in [5.74, 6) is 0. The Bertz CT molecular complexity index is 312. The molecule has 2 rings (SSSR count). The van der Waals surface area contributed by atoms with E-state index in [-0.39, 0.29) is 0 Å². The lowest BCUT2D eigenvalue weighted by atomic mass is 10.1. The normalized spacial score (nSPS) is 16.7. The lowest BCUT2D eigenvalue weighted by Gasteiger charge is -2.26. The summed E-state index contributed by atoms with van der Waals surface area (Å²) in [6, 6.07) is 2.29. The predicted molar refractivity (Wildman–Crippen MR) is 71.7 cm³/mol. The molecule has 100 valence electrons. The van der Waals surface area contributed by atoms with Crippen LogP contribution in [-0.2, 0) is 0 Å². The molecule has 0 unspecified atom stereocenters. The van der Waals surface area contributed by atoms with Crippen molar-refractivity contribution in [1.82, 2.24) is 14.9 Å². The van der Waals surface area contributed by atoms with Crippen LogP contribution in [0.4, 0.5) is 0 Å². The lowest BCUT2D eigenvalue weighted by Crippen LogP contribution is -2.30. The Morgan fingerprint density at radius 1 is 1.00 bits per heavy atom. The number of rotatable bonds is 7. The van der Waals surface area contributed by atoms with Gasteiger partial charge in [-0.1, -0.05) is 6.42 Å². The Hall–Kier alpha value is -1.16. The maximum absolute atomic E-state index is 5.46. The topological polar surface area (TPSA) is 38.2 Å². The van der Waals surface area contributed by atoms with Crippen molar-refractivity contribution in [3.05, 3.63) is 18.5 Å². The fourth-order valence-corrected chi connectivity index (χ4v) is 2.32. The first-order valence-corrected chi connectivity index (χ1v) is 7.07. The molecule has 4 nitrogen and oxygen atoms in total. The van der Waals surface area contributed by atoms with Crippen molar-refractivity contribution in [1.29, 1.82) is 0 Å². The van der Waals surface area contributed by atoms with Gasteiger partial charge in [-0.25, -0.2) is 9.97 Å². The first-order chi connectivity index (χ1) is 8.95. The van der Waals surface area contributed by atoms with Gasteiger partial charge in [-0.05, 0) is 57.8 Å². The summed E-state index contributed by atoms with van der Waals surface area (Å²) < 4.78 is 5.46. The zero-order valence-corrected chi connectivity index (χ0v) is 11.1. The van der Waals surface area contributed by atoms with E-state index in [9.17, 15) is 0 Å². The third kappa shape index (κ3) is 5.00. The molecule has 0 spiro atoms. The first kappa shape index (κ1) is 13.3. The fourth-order valence-electron chi connectivity index (χ4n) is 2.32. The van der Waals surface area contributed by atoms with Crippen LogP contribution in [0, 0.1) is 0 Å². The van der Waals surface area contributed by atoms with Gasteiger partial charge in [-0.2, -0.15) is 0 Å². The molecule has 4 heteroatoms. The standard InChI is InChI=1S/C14H23N3O/c1-3-10-17(11-4-1)12-5-2-6-13-18-14-15-8-7-9-16-14/h7-9H,1-6,10-13H2. The zero-order chi connectivity index (χ0) is 12.5. The predicted octanol–water partition coefficient (Wildman–Crippen LogP) is 2.51. The smallest absolute Gasteiger partial charge is 0.316 e. The number of piperidine rings is 1. The molecule has 1 fully saturated rings. The van der Waals surface area contributed by atoms with Crippen molar-refractivity contribution in [2.45, 2.75) is 38.5 Å². The van der Waals surface area contributed by atoms with Gasteiger partial charge in [0.05, 0.1) is 6.61 Å². The molecule has 0 N–H and O–H groups in total. The minimum Gasteiger partial charge on any atom is -0.463 e. The molecule has 0 aliphatic carbocycles. The van der Waals surface area contributed by atoms with Crippen molar-refractivity contribution in [2.24, 2.45) is 0 Å². The molecule has 1 saturated heterocycles. The molecule has 0 radical (unpaired) electrons. The van der Waals surface area contributed by atoms with Gasteiger partial charge in [0.15, 0.2) is 0 Å². The molecular formula is C14H23N3O. The number of aromatic nitrogens is 2. The average Bonchev–Trinajstić information content (AvgIpc) is 2.45. The third-order valence-corrected chi connectivity index (χ3v) is 3.34. The second-order valence-electron chi connectivity index (χ2n) is 4.84. The van der Waals surface area contributed by atoms with Crippen LogP contribution in [0.3, 0.4) is 0 Å². The van der Waals surface area contributed by atoms with Gasteiger partial charge in [-0.15, -0.1) is 0 Å². The van der Waals surface area contributed by atoms with Gasteiger partial charge in [-0.3, -0.25) is 0 Å². The summed E-state index contributed by atoms with van der Waals surface area (Å²) in [5, 5.41) is 0. The number of unbranched alkanes of at least 4 members (excludes halogenated alkanes) is 2. The zero-order valence-electron chi connectivity index (χ0n) is 11.1. The number of nitrogens with zero attached hydrogens (tertiary/aromatic N) is 3. The van der Waals surface area contributed by atoms with E-state index in [4.69, 9.17) is 4.74 Å². The van der Waals surface area contributed by atoms with Crippen LogP contribution < -0.4 is 4.74 Å². The molecule has 1 aromatic rings. The highest BCUT2D eigenvalue weighted by molar-refractivity contribution is 4.92. The fraction of sp³-hybridized carbons (Fsp3) is 0.714. The highest BCUT2D eigenvalue weighted by Crippen LogP contribution is 2.10. The van der Waals surface area contributed by atoms with E-state index in [0.29, 0.717) is 6.01 Å². The van der Waals surface area contributed by atoms with Crippen molar-refractivity contribution in [3.8, 4) is 6.01 Å². The Morgan fingerprint density at radius 3 is 2.56 bits per heavy atom. The van der Waals surface area contributed by atoms with Crippen LogP contribution in [-0.4, -0.2) is 41.1 Å². The second kappa shape index (κ2) is 8.03. The number of hydrogen-bond acceptors (Lipinski definition) is 4. The first-order valence-electron chi connectivity index (χ1n) is 7.07. The van der Waals surface area contributed by atoms with E-state index >= 15 is 0 Å². The lowest BCUT2D eigenvalue weighted by molar-refractivity contribution is 0.219. The Morgan fingerprint density at radius 2 is 1.78 bits per heavy atom. The maximum Gasteiger partial charge on any atom is 0.316 e. The molecule has 1 aromatic heterocycles. The van der Waals surface area contributed by atoms with E-state index < -0.39 is 0 Å². The molecule has 2 heterocycles. The summed E-state index contributed by atoms with van der Waals surface area (Å²) in [7, 11) is 0. The SMILES string of the molecule is c1cnc(OCCCCCN2CCCCC2)nc1. The van der Waals surface area contributed by atoms with Gasteiger partial charge in [0.1, 0.15) is 0 Å². The summed E-state index contributed by atoms with van der Waals surface area (Å²) >= 11 is 0. The van der Waals surface area contributed by atoms with Crippen molar-refractivity contribution in [2.75, 3.05) is 26.2 Å². The molecule has 0 aromatic carbocycles. The molecule has 0 atom stereocenters. The quantitative estimate of drug-likeness (QED) is 0.696. The van der Waals surface area contributed by atoms with Crippen molar-refractivity contribution >= 4 is 0 Å². The van der Waals surface area contributed by atoms with Crippen LogP contribution >= 0.6 is 0 Å². The Labute approximate surface area is 109 Å². The van der Waals surface area contributed by atoms with Gasteiger partial charge in [0.2, 0.25) is 0 Å². The van der Waals surface area contributed by atoms with Crippen molar-refractivity contribution < 1.29 is 4.74 Å². The van der Waals surface area contributed by atoms with E-state index in [0.717, 1.165) is 13.0 Å². The number of likely N-dealkylation sites (tertiary alicyclic amines) is 1. The number of hydrogen-bond donors (Lipinski definition) is 0. The van der Waals surface area contributed by atoms with Gasteiger partial charge < -0.3 is 9.64 Å². The summed E-state index contributed by atoms with van der Waals surface area (Å²) in [4.78, 5) is 10.6. The molecule has 1 aliphatic rings. The van der Waals surface area contributed by atoms with E-state index in [1.807, 2.05) is 0 Å². The van der Waals surface area contributed by atoms with Crippen LogP contribution in [0.2, 0.25) is 0 Å². The molecular weight excluding hydrogens is 226 g/mol. The minimum absolute atomic E-state index is 0.494. The Balaban J connectivity index is 1.46. The summed E-state index contributed by atoms with van der Waals surface area (Å²) in [6.45, 7) is 4.58. The highest BCUT2D eigenvalue weighted by Gasteiger charge is 2.08. The maximum atomic E-state index is 5.46. The monoisotopic (exact) mass is 249 g/mol. The molecule has 0 amide bonds. The third-order valence-electron chi connectivity index (χ3n) is 3.34. The second-order valence-corrected chi connectivity index (χ2v) is 4.84. The van der Waals surface area contributed by atoms with Crippen LogP contribution in [0.25, 0.3) is 0 Å². The largest absolute Gasteiger partial charge is 0.463 e. The molecule has 0 saturated carbocycles. The van der Waals surface area contributed by atoms with Gasteiger partial charge >= 0.3 is 6.01 Å². The van der Waals surface area contributed by atoms with E-state index in [1.54, 1.807) is 18.5 Å². The van der Waals surface area contributed by atoms with Crippen LogP contribution in [0.15, 0.2) is 18.5 Å². The summed E-state index contributed by atoms with van der Waals surface area (Å²) in [5.41, 5.74) is 0. The van der Waals surface area contributed by atoms with E-state index in [1.165, 1.54) is 51.7 Å². The highest BCUT2D eigenvalue weighted by atomic mass is 16.5. The van der Waals surface area contributed by atoms with E-state index in [2.05, 4.69) is 14.9 Å². The van der Waals surface area contributed by atoms with Gasteiger partial charge in [0, 0.05) is 12.4 Å². The molecule has 1 aliphatic heterocycles. The number of ether oxygens (including phenoxy) is 1. The summed E-state index contributed by atoms with van der Waals surface area (Å²) in [6.07, 6.45) is 11.2. The average molecular weight is 249 g/mol.